The highest BCUT2D eigenvalue weighted by Crippen LogP contribution is 2.23. The molecular formula is C12H18ClN7. The lowest BCUT2D eigenvalue weighted by atomic mass is 10.3. The summed E-state index contributed by atoms with van der Waals surface area (Å²) in [7, 11) is 1.89. The normalized spacial score (nSPS) is 12.2. The molecule has 0 bridgehead atoms. The van der Waals surface area contributed by atoms with Gasteiger partial charge in [0, 0.05) is 13.6 Å². The summed E-state index contributed by atoms with van der Waals surface area (Å²) in [4.78, 5) is 8.50. The number of aromatic nitrogens is 5. The van der Waals surface area contributed by atoms with Crippen LogP contribution in [0.15, 0.2) is 12.5 Å². The Bertz CT molecular complexity index is 569. The smallest absolute Gasteiger partial charge is 0.224 e. The van der Waals surface area contributed by atoms with Gasteiger partial charge in [-0.05, 0) is 13.3 Å². The fourth-order valence-electron chi connectivity index (χ4n) is 1.74. The van der Waals surface area contributed by atoms with Gasteiger partial charge in [-0.1, -0.05) is 18.5 Å². The Morgan fingerprint density at radius 2 is 2.25 bits per heavy atom. The van der Waals surface area contributed by atoms with E-state index in [1.807, 2.05) is 18.5 Å². The maximum absolute atomic E-state index is 6.12. The predicted molar refractivity (Wildman–Crippen MR) is 78.9 cm³/mol. The largest absolute Gasteiger partial charge is 0.359 e. The third-order valence-corrected chi connectivity index (χ3v) is 3.04. The van der Waals surface area contributed by atoms with Crippen molar-refractivity contribution in [1.82, 2.24) is 24.7 Å². The molecule has 0 radical (unpaired) electrons. The van der Waals surface area contributed by atoms with Crippen LogP contribution in [-0.2, 0) is 7.05 Å². The number of rotatable bonds is 6. The van der Waals surface area contributed by atoms with Crippen LogP contribution in [0.1, 0.15) is 32.1 Å². The molecule has 1 atom stereocenters. The lowest BCUT2D eigenvalue weighted by Gasteiger charge is -2.15. The van der Waals surface area contributed by atoms with Crippen LogP contribution in [0.2, 0.25) is 5.02 Å². The number of halogens is 1. The van der Waals surface area contributed by atoms with Crippen molar-refractivity contribution in [3.8, 4) is 0 Å². The van der Waals surface area contributed by atoms with Gasteiger partial charge in [0.15, 0.2) is 11.6 Å². The minimum Gasteiger partial charge on any atom is -0.359 e. The number of anilines is 2. The van der Waals surface area contributed by atoms with E-state index >= 15 is 0 Å². The highest BCUT2D eigenvalue weighted by Gasteiger charge is 2.14. The third kappa shape index (κ3) is 3.36. The van der Waals surface area contributed by atoms with Gasteiger partial charge in [-0.3, -0.25) is 0 Å². The van der Waals surface area contributed by atoms with Crippen LogP contribution < -0.4 is 10.6 Å². The summed E-state index contributed by atoms with van der Waals surface area (Å²) >= 11 is 6.12. The van der Waals surface area contributed by atoms with Crippen LogP contribution in [0.5, 0.6) is 0 Å². The first kappa shape index (κ1) is 14.5. The molecule has 0 amide bonds. The van der Waals surface area contributed by atoms with Crippen molar-refractivity contribution in [2.45, 2.75) is 26.3 Å². The van der Waals surface area contributed by atoms with E-state index in [-0.39, 0.29) is 6.04 Å². The number of hydrogen-bond donors (Lipinski definition) is 2. The summed E-state index contributed by atoms with van der Waals surface area (Å²) < 4.78 is 1.85. The monoisotopic (exact) mass is 295 g/mol. The Morgan fingerprint density at radius 1 is 1.45 bits per heavy atom. The second-order valence-corrected chi connectivity index (χ2v) is 4.89. The zero-order valence-electron chi connectivity index (χ0n) is 11.8. The van der Waals surface area contributed by atoms with Gasteiger partial charge in [0.2, 0.25) is 5.95 Å². The standard InChI is InChI=1S/C12H18ClN7/c1-4-5-14-12-15-6-9(13)10(18-12)17-8(2)11-19-16-7-20(11)3/h6-8H,4-5H2,1-3H3,(H2,14,15,17,18). The number of aryl methyl sites for hydroxylation is 1. The first-order valence-electron chi connectivity index (χ1n) is 6.48. The quantitative estimate of drug-likeness (QED) is 0.851. The maximum Gasteiger partial charge on any atom is 0.224 e. The van der Waals surface area contributed by atoms with Gasteiger partial charge in [-0.25, -0.2) is 4.98 Å². The zero-order valence-corrected chi connectivity index (χ0v) is 12.5. The average Bonchev–Trinajstić information content (AvgIpc) is 2.86. The van der Waals surface area contributed by atoms with E-state index in [2.05, 4.69) is 37.7 Å². The Kier molecular flexibility index (Phi) is 4.73. The van der Waals surface area contributed by atoms with Crippen molar-refractivity contribution in [3.05, 3.63) is 23.4 Å². The average molecular weight is 296 g/mol. The van der Waals surface area contributed by atoms with Gasteiger partial charge in [0.25, 0.3) is 0 Å². The van der Waals surface area contributed by atoms with Gasteiger partial charge < -0.3 is 15.2 Å². The van der Waals surface area contributed by atoms with E-state index in [0.717, 1.165) is 18.8 Å². The lowest BCUT2D eigenvalue weighted by molar-refractivity contribution is 0.716. The second-order valence-electron chi connectivity index (χ2n) is 4.48. The molecule has 2 heterocycles. The second kappa shape index (κ2) is 6.51. The molecule has 108 valence electrons. The molecule has 0 fully saturated rings. The minimum absolute atomic E-state index is 0.0612. The molecular weight excluding hydrogens is 278 g/mol. The van der Waals surface area contributed by atoms with E-state index in [4.69, 9.17) is 11.6 Å². The molecule has 0 aliphatic rings. The van der Waals surface area contributed by atoms with E-state index in [9.17, 15) is 0 Å². The van der Waals surface area contributed by atoms with E-state index in [0.29, 0.717) is 16.8 Å². The Labute approximate surface area is 122 Å². The highest BCUT2D eigenvalue weighted by atomic mass is 35.5. The van der Waals surface area contributed by atoms with Crippen LogP contribution >= 0.6 is 11.6 Å². The number of nitrogens with one attached hydrogen (secondary N) is 2. The fourth-order valence-corrected chi connectivity index (χ4v) is 1.89. The summed E-state index contributed by atoms with van der Waals surface area (Å²) in [5, 5.41) is 14.7. The summed E-state index contributed by atoms with van der Waals surface area (Å²) in [6, 6.07) is -0.0612. The van der Waals surface area contributed by atoms with Crippen molar-refractivity contribution < 1.29 is 0 Å². The topological polar surface area (TPSA) is 80.5 Å². The first-order chi connectivity index (χ1) is 9.61. The van der Waals surface area contributed by atoms with E-state index in [1.165, 1.54) is 0 Å². The van der Waals surface area contributed by atoms with Crippen LogP contribution in [-0.4, -0.2) is 31.3 Å². The Hall–Kier alpha value is -1.89. The summed E-state index contributed by atoms with van der Waals surface area (Å²) in [5.74, 6) is 1.95. The van der Waals surface area contributed by atoms with Crippen molar-refractivity contribution in [3.63, 3.8) is 0 Å². The molecule has 20 heavy (non-hydrogen) atoms. The SMILES string of the molecule is CCCNc1ncc(Cl)c(NC(C)c2nncn2C)n1. The molecule has 0 aliphatic carbocycles. The molecule has 7 nitrogen and oxygen atoms in total. The third-order valence-electron chi connectivity index (χ3n) is 2.76. The summed E-state index contributed by atoms with van der Waals surface area (Å²) in [6.07, 6.45) is 4.24. The van der Waals surface area contributed by atoms with Crippen LogP contribution in [0.3, 0.4) is 0 Å². The van der Waals surface area contributed by atoms with Crippen molar-refractivity contribution >= 4 is 23.4 Å². The molecule has 8 heteroatoms. The van der Waals surface area contributed by atoms with Crippen molar-refractivity contribution in [1.29, 1.82) is 0 Å². The molecule has 2 N–H and O–H groups in total. The summed E-state index contributed by atoms with van der Waals surface area (Å²) in [6.45, 7) is 4.87. The van der Waals surface area contributed by atoms with Crippen molar-refractivity contribution in [2.24, 2.45) is 7.05 Å². The van der Waals surface area contributed by atoms with E-state index < -0.39 is 0 Å². The van der Waals surface area contributed by atoms with Crippen LogP contribution in [0.4, 0.5) is 11.8 Å². The molecule has 0 saturated carbocycles. The van der Waals surface area contributed by atoms with Gasteiger partial charge in [0.1, 0.15) is 11.3 Å². The predicted octanol–water partition coefficient (Wildman–Crippen LogP) is 2.25. The fraction of sp³-hybridized carbons (Fsp3) is 0.500. The molecule has 2 aromatic rings. The highest BCUT2D eigenvalue weighted by molar-refractivity contribution is 6.32. The van der Waals surface area contributed by atoms with Gasteiger partial charge >= 0.3 is 0 Å². The number of hydrogen-bond acceptors (Lipinski definition) is 6. The molecule has 2 rings (SSSR count). The van der Waals surface area contributed by atoms with Gasteiger partial charge in [-0.15, -0.1) is 10.2 Å². The molecule has 2 aromatic heterocycles. The Morgan fingerprint density at radius 3 is 2.90 bits per heavy atom. The van der Waals surface area contributed by atoms with E-state index in [1.54, 1.807) is 12.5 Å². The van der Waals surface area contributed by atoms with Crippen molar-refractivity contribution in [2.75, 3.05) is 17.2 Å². The van der Waals surface area contributed by atoms with Gasteiger partial charge in [0.05, 0.1) is 12.2 Å². The molecule has 1 unspecified atom stereocenters. The molecule has 0 spiro atoms. The van der Waals surface area contributed by atoms with Crippen LogP contribution in [0.25, 0.3) is 0 Å². The maximum atomic E-state index is 6.12. The molecule has 0 aromatic carbocycles. The summed E-state index contributed by atoms with van der Waals surface area (Å²) in [5.41, 5.74) is 0. The first-order valence-corrected chi connectivity index (χ1v) is 6.86. The van der Waals surface area contributed by atoms with Crippen LogP contribution in [0, 0.1) is 0 Å². The zero-order chi connectivity index (χ0) is 14.5. The number of nitrogens with zero attached hydrogens (tertiary/aromatic N) is 5. The molecule has 0 aliphatic heterocycles. The van der Waals surface area contributed by atoms with Gasteiger partial charge in [-0.2, -0.15) is 4.98 Å². The minimum atomic E-state index is -0.0612. The Balaban J connectivity index is 2.13. The lowest BCUT2D eigenvalue weighted by Crippen LogP contribution is -2.14. The molecule has 0 saturated heterocycles.